The first kappa shape index (κ1) is 12.1. The maximum Gasteiger partial charge on any atom is 0.0494 e. The summed E-state index contributed by atoms with van der Waals surface area (Å²) in [6, 6.07) is 4.05. The molecule has 0 saturated heterocycles. The van der Waals surface area contributed by atoms with Crippen LogP contribution in [0.5, 0.6) is 0 Å². The lowest BCUT2D eigenvalue weighted by atomic mass is 9.95. The highest BCUT2D eigenvalue weighted by Gasteiger charge is 2.14. The van der Waals surface area contributed by atoms with E-state index in [1.807, 2.05) is 38.4 Å². The summed E-state index contributed by atoms with van der Waals surface area (Å²) in [7, 11) is 0. The maximum atomic E-state index is 9.06. The van der Waals surface area contributed by atoms with E-state index in [4.69, 9.17) is 5.11 Å². The Morgan fingerprint density at radius 2 is 2.00 bits per heavy atom. The minimum absolute atomic E-state index is 0.0295. The average Bonchev–Trinajstić information content (AvgIpc) is 2.26. The molecule has 1 rings (SSSR count). The van der Waals surface area contributed by atoms with Gasteiger partial charge in [-0.05, 0) is 30.7 Å². The highest BCUT2D eigenvalue weighted by molar-refractivity contribution is 5.09. The molecule has 2 N–H and O–H groups in total. The Morgan fingerprint density at radius 3 is 2.60 bits per heavy atom. The van der Waals surface area contributed by atoms with Gasteiger partial charge in [0.25, 0.3) is 0 Å². The smallest absolute Gasteiger partial charge is 0.0494 e. The van der Waals surface area contributed by atoms with E-state index in [0.717, 1.165) is 19.5 Å². The van der Waals surface area contributed by atoms with Gasteiger partial charge in [-0.25, -0.2) is 0 Å². The van der Waals surface area contributed by atoms with Crippen LogP contribution in [0, 0.1) is 5.41 Å². The van der Waals surface area contributed by atoms with E-state index in [1.54, 1.807) is 0 Å². The van der Waals surface area contributed by atoms with Crippen LogP contribution in [0.2, 0.25) is 0 Å². The summed E-state index contributed by atoms with van der Waals surface area (Å²) in [5.41, 5.74) is 1.26. The zero-order valence-corrected chi connectivity index (χ0v) is 9.53. The zero-order chi connectivity index (χ0) is 11.1. The summed E-state index contributed by atoms with van der Waals surface area (Å²) < 4.78 is 0. The maximum absolute atomic E-state index is 9.06. The number of nitrogens with one attached hydrogen (secondary N) is 1. The number of aliphatic hydroxyl groups excluding tert-OH is 1. The lowest BCUT2D eigenvalue weighted by Gasteiger charge is -2.21. The minimum atomic E-state index is -0.0295. The number of nitrogens with zero attached hydrogens (tertiary/aromatic N) is 1. The molecule has 0 unspecified atom stereocenters. The van der Waals surface area contributed by atoms with Crippen LogP contribution in [0.15, 0.2) is 24.5 Å². The molecule has 0 aliphatic carbocycles. The van der Waals surface area contributed by atoms with Crippen molar-refractivity contribution in [3.8, 4) is 0 Å². The highest BCUT2D eigenvalue weighted by atomic mass is 16.3. The van der Waals surface area contributed by atoms with Crippen LogP contribution in [0.3, 0.4) is 0 Å². The number of rotatable bonds is 6. The summed E-state index contributed by atoms with van der Waals surface area (Å²) in [6.45, 7) is 6.09. The van der Waals surface area contributed by atoms with Gasteiger partial charge in [-0.15, -0.1) is 0 Å². The summed E-state index contributed by atoms with van der Waals surface area (Å²) in [4.78, 5) is 3.97. The van der Waals surface area contributed by atoms with Crippen LogP contribution in [-0.4, -0.2) is 29.8 Å². The van der Waals surface area contributed by atoms with Gasteiger partial charge in [-0.1, -0.05) is 13.8 Å². The Bertz CT molecular complexity index is 272. The Morgan fingerprint density at radius 1 is 1.33 bits per heavy atom. The van der Waals surface area contributed by atoms with E-state index in [-0.39, 0.29) is 12.0 Å². The molecule has 0 atom stereocenters. The summed E-state index contributed by atoms with van der Waals surface area (Å²) in [6.07, 6.45) is 4.63. The SMILES string of the molecule is CC(C)(CO)CNCCc1ccncc1. The van der Waals surface area contributed by atoms with Gasteiger partial charge >= 0.3 is 0 Å². The molecule has 3 nitrogen and oxygen atoms in total. The van der Waals surface area contributed by atoms with E-state index in [1.165, 1.54) is 5.56 Å². The van der Waals surface area contributed by atoms with Crippen molar-refractivity contribution in [1.82, 2.24) is 10.3 Å². The van der Waals surface area contributed by atoms with Crippen molar-refractivity contribution in [2.45, 2.75) is 20.3 Å². The van der Waals surface area contributed by atoms with Crippen molar-refractivity contribution < 1.29 is 5.11 Å². The van der Waals surface area contributed by atoms with Crippen LogP contribution >= 0.6 is 0 Å². The van der Waals surface area contributed by atoms with E-state index < -0.39 is 0 Å². The number of pyridine rings is 1. The molecule has 1 heterocycles. The standard InChI is InChI=1S/C12H20N2O/c1-12(2,10-15)9-14-8-5-11-3-6-13-7-4-11/h3-4,6-7,14-15H,5,8-10H2,1-2H3. The Kier molecular flexibility index (Phi) is 4.72. The molecule has 0 aromatic carbocycles. The summed E-state index contributed by atoms with van der Waals surface area (Å²) >= 11 is 0. The third-order valence-corrected chi connectivity index (χ3v) is 2.37. The molecular weight excluding hydrogens is 188 g/mol. The molecule has 0 aliphatic rings. The zero-order valence-electron chi connectivity index (χ0n) is 9.53. The van der Waals surface area contributed by atoms with Crippen molar-refractivity contribution >= 4 is 0 Å². The second-order valence-corrected chi connectivity index (χ2v) is 4.60. The molecule has 1 aromatic rings. The average molecular weight is 208 g/mol. The van der Waals surface area contributed by atoms with E-state index in [9.17, 15) is 0 Å². The third kappa shape index (κ3) is 4.91. The van der Waals surface area contributed by atoms with Crippen LogP contribution < -0.4 is 5.32 Å². The summed E-state index contributed by atoms with van der Waals surface area (Å²) in [5.74, 6) is 0. The first-order chi connectivity index (χ1) is 7.14. The van der Waals surface area contributed by atoms with E-state index in [2.05, 4.69) is 10.3 Å². The van der Waals surface area contributed by atoms with Crippen LogP contribution in [0.4, 0.5) is 0 Å². The van der Waals surface area contributed by atoms with Gasteiger partial charge in [0.2, 0.25) is 0 Å². The number of aliphatic hydroxyl groups is 1. The first-order valence-electron chi connectivity index (χ1n) is 5.34. The molecule has 0 amide bonds. The van der Waals surface area contributed by atoms with Gasteiger partial charge in [0.1, 0.15) is 0 Å². The molecular formula is C12H20N2O. The van der Waals surface area contributed by atoms with Gasteiger partial charge in [0.05, 0.1) is 0 Å². The minimum Gasteiger partial charge on any atom is -0.396 e. The first-order valence-corrected chi connectivity index (χ1v) is 5.34. The molecule has 1 aromatic heterocycles. The predicted octanol–water partition coefficient (Wildman–Crippen LogP) is 1.23. The van der Waals surface area contributed by atoms with Crippen molar-refractivity contribution in [2.75, 3.05) is 19.7 Å². The monoisotopic (exact) mass is 208 g/mol. The summed E-state index contributed by atoms with van der Waals surface area (Å²) in [5, 5.41) is 12.4. The van der Waals surface area contributed by atoms with Gasteiger partial charge in [0.15, 0.2) is 0 Å². The van der Waals surface area contributed by atoms with Crippen molar-refractivity contribution in [1.29, 1.82) is 0 Å². The van der Waals surface area contributed by atoms with Crippen LogP contribution in [0.1, 0.15) is 19.4 Å². The van der Waals surface area contributed by atoms with Gasteiger partial charge in [-0.2, -0.15) is 0 Å². The van der Waals surface area contributed by atoms with E-state index in [0.29, 0.717) is 0 Å². The predicted molar refractivity (Wildman–Crippen MR) is 61.7 cm³/mol. The second-order valence-electron chi connectivity index (χ2n) is 4.60. The fraction of sp³-hybridized carbons (Fsp3) is 0.583. The largest absolute Gasteiger partial charge is 0.396 e. The molecule has 0 aliphatic heterocycles. The quantitative estimate of drug-likeness (QED) is 0.691. The van der Waals surface area contributed by atoms with Gasteiger partial charge < -0.3 is 10.4 Å². The van der Waals surface area contributed by atoms with Crippen molar-refractivity contribution in [3.05, 3.63) is 30.1 Å². The Hall–Kier alpha value is -0.930. The topological polar surface area (TPSA) is 45.1 Å². The van der Waals surface area contributed by atoms with E-state index >= 15 is 0 Å². The lowest BCUT2D eigenvalue weighted by Crippen LogP contribution is -2.33. The molecule has 0 radical (unpaired) electrons. The molecule has 3 heteroatoms. The third-order valence-electron chi connectivity index (χ3n) is 2.37. The number of hydrogen-bond acceptors (Lipinski definition) is 3. The van der Waals surface area contributed by atoms with Crippen molar-refractivity contribution in [3.63, 3.8) is 0 Å². The molecule has 0 bridgehead atoms. The second kappa shape index (κ2) is 5.83. The fourth-order valence-corrected chi connectivity index (χ4v) is 1.26. The molecule has 0 fully saturated rings. The molecule has 84 valence electrons. The Balaban J connectivity index is 2.18. The molecule has 0 spiro atoms. The number of hydrogen-bond donors (Lipinski definition) is 2. The molecule has 15 heavy (non-hydrogen) atoms. The van der Waals surface area contributed by atoms with Crippen LogP contribution in [-0.2, 0) is 6.42 Å². The van der Waals surface area contributed by atoms with Crippen LogP contribution in [0.25, 0.3) is 0 Å². The van der Waals surface area contributed by atoms with Gasteiger partial charge in [-0.3, -0.25) is 4.98 Å². The van der Waals surface area contributed by atoms with Crippen molar-refractivity contribution in [2.24, 2.45) is 5.41 Å². The number of aromatic nitrogens is 1. The lowest BCUT2D eigenvalue weighted by molar-refractivity contribution is 0.157. The fourth-order valence-electron chi connectivity index (χ4n) is 1.26. The highest BCUT2D eigenvalue weighted by Crippen LogP contribution is 2.10. The Labute approximate surface area is 91.5 Å². The molecule has 0 saturated carbocycles. The normalized spacial score (nSPS) is 11.7. The van der Waals surface area contributed by atoms with Gasteiger partial charge in [0, 0.05) is 31.0 Å².